The van der Waals surface area contributed by atoms with Gasteiger partial charge in [0.15, 0.2) is 5.78 Å². The average Bonchev–Trinajstić information content (AvgIpc) is 2.97. The van der Waals surface area contributed by atoms with E-state index in [9.17, 15) is 4.79 Å². The molecule has 0 heterocycles. The van der Waals surface area contributed by atoms with Crippen molar-refractivity contribution in [2.45, 2.75) is 71.1 Å². The minimum atomic E-state index is 0.263. The van der Waals surface area contributed by atoms with E-state index in [4.69, 9.17) is 0 Å². The van der Waals surface area contributed by atoms with Crippen molar-refractivity contribution in [2.24, 2.45) is 23.7 Å². The van der Waals surface area contributed by atoms with E-state index < -0.39 is 0 Å². The Morgan fingerprint density at radius 1 is 1.10 bits per heavy atom. The van der Waals surface area contributed by atoms with Gasteiger partial charge in [0.25, 0.3) is 0 Å². The molecule has 1 unspecified atom stereocenters. The highest BCUT2D eigenvalue weighted by molar-refractivity contribution is 5.92. The molecule has 0 amide bonds. The molecule has 21 heavy (non-hydrogen) atoms. The van der Waals surface area contributed by atoms with Gasteiger partial charge < -0.3 is 0 Å². The van der Waals surface area contributed by atoms with Gasteiger partial charge in [-0.05, 0) is 61.0 Å². The lowest BCUT2D eigenvalue weighted by molar-refractivity contribution is -0.113. The molecule has 0 aromatic heterocycles. The van der Waals surface area contributed by atoms with Gasteiger partial charge in [0.1, 0.15) is 0 Å². The molecule has 0 N–H and O–H groups in total. The number of carbonyl (C=O) groups is 1. The van der Waals surface area contributed by atoms with E-state index in [1.54, 1.807) is 6.08 Å². The van der Waals surface area contributed by atoms with Crippen molar-refractivity contribution in [2.75, 3.05) is 0 Å². The van der Waals surface area contributed by atoms with Crippen LogP contribution in [-0.4, -0.2) is 5.78 Å². The van der Waals surface area contributed by atoms with E-state index in [1.165, 1.54) is 63.4 Å². The summed E-state index contributed by atoms with van der Waals surface area (Å²) in [6.07, 6.45) is 19.6. The van der Waals surface area contributed by atoms with Gasteiger partial charge in [-0.3, -0.25) is 4.79 Å². The smallest absolute Gasteiger partial charge is 0.159 e. The molecule has 0 aromatic carbocycles. The molecule has 0 aromatic rings. The number of allylic oxidation sites excluding steroid dienone is 4. The molecule has 3 aliphatic carbocycles. The molecule has 3 atom stereocenters. The van der Waals surface area contributed by atoms with Crippen LogP contribution in [0.15, 0.2) is 23.8 Å². The summed E-state index contributed by atoms with van der Waals surface area (Å²) in [5.41, 5.74) is 1.45. The van der Waals surface area contributed by atoms with Crippen molar-refractivity contribution in [3.05, 3.63) is 23.8 Å². The second-order valence-corrected chi connectivity index (χ2v) is 7.69. The highest BCUT2D eigenvalue weighted by Gasteiger charge is 2.30. The third kappa shape index (κ3) is 3.87. The summed E-state index contributed by atoms with van der Waals surface area (Å²) in [5, 5.41) is 0. The van der Waals surface area contributed by atoms with E-state index in [0.717, 1.165) is 23.7 Å². The van der Waals surface area contributed by atoms with Crippen LogP contribution in [0.4, 0.5) is 0 Å². The Labute approximate surface area is 129 Å². The number of hydrogen-bond acceptors (Lipinski definition) is 1. The summed E-state index contributed by atoms with van der Waals surface area (Å²) < 4.78 is 0. The van der Waals surface area contributed by atoms with Crippen LogP contribution in [0, 0.1) is 23.7 Å². The second kappa shape index (κ2) is 6.94. The maximum Gasteiger partial charge on any atom is 0.159 e. The lowest BCUT2D eigenvalue weighted by Gasteiger charge is -2.29. The molecule has 2 saturated carbocycles. The summed E-state index contributed by atoms with van der Waals surface area (Å²) in [7, 11) is 0. The number of hydrogen-bond donors (Lipinski definition) is 0. The topological polar surface area (TPSA) is 17.1 Å². The first-order chi connectivity index (χ1) is 10.2. The van der Waals surface area contributed by atoms with E-state index in [-0.39, 0.29) is 5.78 Å². The molecule has 1 heteroatoms. The molecule has 2 fully saturated rings. The van der Waals surface area contributed by atoms with Crippen molar-refractivity contribution in [3.8, 4) is 0 Å². The molecule has 0 spiro atoms. The Morgan fingerprint density at radius 3 is 2.62 bits per heavy atom. The van der Waals surface area contributed by atoms with Crippen LogP contribution < -0.4 is 0 Å². The molecule has 0 radical (unpaired) electrons. The zero-order chi connectivity index (χ0) is 14.7. The largest absolute Gasteiger partial charge is 0.295 e. The SMILES string of the molecule is C[C@@H](CC1CC[C@H](C2=CCC(=O)C=C2)C1)C1CCCCC1. The summed E-state index contributed by atoms with van der Waals surface area (Å²) in [5.74, 6) is 3.85. The second-order valence-electron chi connectivity index (χ2n) is 7.69. The first kappa shape index (κ1) is 15.1. The van der Waals surface area contributed by atoms with E-state index in [2.05, 4.69) is 19.1 Å². The van der Waals surface area contributed by atoms with Crippen molar-refractivity contribution in [3.63, 3.8) is 0 Å². The maximum atomic E-state index is 11.3. The van der Waals surface area contributed by atoms with Crippen molar-refractivity contribution in [1.29, 1.82) is 0 Å². The Bertz CT molecular complexity index is 425. The van der Waals surface area contributed by atoms with Gasteiger partial charge in [0.05, 0.1) is 0 Å². The first-order valence-electron chi connectivity index (χ1n) is 9.13. The zero-order valence-corrected chi connectivity index (χ0v) is 13.5. The van der Waals surface area contributed by atoms with Crippen LogP contribution in [0.2, 0.25) is 0 Å². The third-order valence-electron chi connectivity index (χ3n) is 6.17. The van der Waals surface area contributed by atoms with Gasteiger partial charge in [0.2, 0.25) is 0 Å². The lowest BCUT2D eigenvalue weighted by atomic mass is 9.77. The average molecular weight is 286 g/mol. The first-order valence-corrected chi connectivity index (χ1v) is 9.13. The normalized spacial score (nSPS) is 32.2. The maximum absolute atomic E-state index is 11.3. The molecule has 116 valence electrons. The predicted octanol–water partition coefficient (Wildman–Crippen LogP) is 5.46. The van der Waals surface area contributed by atoms with Crippen molar-refractivity contribution in [1.82, 2.24) is 0 Å². The monoisotopic (exact) mass is 286 g/mol. The number of rotatable bonds is 4. The summed E-state index contributed by atoms with van der Waals surface area (Å²) in [4.78, 5) is 11.3. The Balaban J connectivity index is 1.48. The molecule has 3 aliphatic rings. The van der Waals surface area contributed by atoms with Crippen LogP contribution in [0.1, 0.15) is 71.1 Å². The van der Waals surface area contributed by atoms with Gasteiger partial charge in [-0.2, -0.15) is 0 Å². The fourth-order valence-electron chi connectivity index (χ4n) is 4.86. The molecular weight excluding hydrogens is 256 g/mol. The molecule has 0 saturated heterocycles. The molecule has 1 nitrogen and oxygen atoms in total. The fraction of sp³-hybridized carbons (Fsp3) is 0.750. The van der Waals surface area contributed by atoms with Gasteiger partial charge in [-0.25, -0.2) is 0 Å². The minimum absolute atomic E-state index is 0.263. The van der Waals surface area contributed by atoms with Crippen molar-refractivity contribution >= 4 is 5.78 Å². The summed E-state index contributed by atoms with van der Waals surface area (Å²) in [6, 6.07) is 0. The number of carbonyl (C=O) groups excluding carboxylic acids is 1. The van der Waals surface area contributed by atoms with Gasteiger partial charge in [-0.15, -0.1) is 0 Å². The van der Waals surface area contributed by atoms with E-state index >= 15 is 0 Å². The van der Waals surface area contributed by atoms with E-state index in [1.807, 2.05) is 0 Å². The highest BCUT2D eigenvalue weighted by atomic mass is 16.1. The number of ketones is 1. The molecule has 0 bridgehead atoms. The van der Waals surface area contributed by atoms with Crippen molar-refractivity contribution < 1.29 is 4.79 Å². The Kier molecular flexibility index (Phi) is 4.98. The van der Waals surface area contributed by atoms with Crippen LogP contribution in [0.5, 0.6) is 0 Å². The zero-order valence-electron chi connectivity index (χ0n) is 13.5. The Morgan fingerprint density at radius 2 is 1.90 bits per heavy atom. The highest BCUT2D eigenvalue weighted by Crippen LogP contribution is 2.42. The van der Waals surface area contributed by atoms with Crippen LogP contribution >= 0.6 is 0 Å². The molecule has 3 rings (SSSR count). The third-order valence-corrected chi connectivity index (χ3v) is 6.17. The van der Waals surface area contributed by atoms with Gasteiger partial charge in [-0.1, -0.05) is 51.2 Å². The van der Waals surface area contributed by atoms with Crippen LogP contribution in [-0.2, 0) is 4.79 Å². The van der Waals surface area contributed by atoms with Crippen LogP contribution in [0.3, 0.4) is 0 Å². The van der Waals surface area contributed by atoms with Gasteiger partial charge >= 0.3 is 0 Å². The minimum Gasteiger partial charge on any atom is -0.295 e. The van der Waals surface area contributed by atoms with E-state index in [0.29, 0.717) is 6.42 Å². The molecular formula is C20H30O. The van der Waals surface area contributed by atoms with Crippen LogP contribution in [0.25, 0.3) is 0 Å². The lowest BCUT2D eigenvalue weighted by Crippen LogP contribution is -2.17. The summed E-state index contributed by atoms with van der Waals surface area (Å²) in [6.45, 7) is 2.50. The summed E-state index contributed by atoms with van der Waals surface area (Å²) >= 11 is 0. The fourth-order valence-corrected chi connectivity index (χ4v) is 4.86. The van der Waals surface area contributed by atoms with Gasteiger partial charge in [0, 0.05) is 6.42 Å². The standard InChI is InChI=1S/C20H30O/c1-15(17-5-3-2-4-6-17)13-16-7-8-19(14-16)18-9-11-20(21)12-10-18/h9-11,15-17,19H,2-8,12-14H2,1H3/t15-,16?,19-/m0/s1. The quantitative estimate of drug-likeness (QED) is 0.670. The Hall–Kier alpha value is -0.850. The predicted molar refractivity (Wildman–Crippen MR) is 88.0 cm³/mol. The molecule has 0 aliphatic heterocycles.